The molecule has 0 aromatic heterocycles. The first-order valence-electron chi connectivity index (χ1n) is 12.3. The van der Waals surface area contributed by atoms with Crippen LogP contribution in [0.15, 0.2) is 18.2 Å². The summed E-state index contributed by atoms with van der Waals surface area (Å²) in [4.78, 5) is 26.9. The zero-order valence-electron chi connectivity index (χ0n) is 21.6. The highest BCUT2D eigenvalue weighted by molar-refractivity contribution is 6.30. The number of fused-ring (bicyclic) bond motifs is 3. The van der Waals surface area contributed by atoms with E-state index in [1.165, 1.54) is 34.1 Å². The summed E-state index contributed by atoms with van der Waals surface area (Å²) in [7, 11) is 2.61. The van der Waals surface area contributed by atoms with Crippen molar-refractivity contribution in [3.63, 3.8) is 0 Å². The van der Waals surface area contributed by atoms with Crippen molar-refractivity contribution >= 4 is 11.6 Å². The second-order valence-electron chi connectivity index (χ2n) is 10.4. The number of phenolic OH excluding ortho intramolecular Hbond substituents is 3. The minimum Gasteiger partial charge on any atom is -0.508 e. The number of benzene rings is 2. The number of carbonyl (C=O) groups is 2. The van der Waals surface area contributed by atoms with Crippen LogP contribution in [0.25, 0.3) is 0 Å². The van der Waals surface area contributed by atoms with E-state index in [-0.39, 0.29) is 39.8 Å². The Labute approximate surface area is 222 Å². The van der Waals surface area contributed by atoms with E-state index in [4.69, 9.17) is 18.9 Å². The Kier molecular flexibility index (Phi) is 6.71. The highest BCUT2D eigenvalue weighted by Crippen LogP contribution is 2.49. The molecule has 0 radical (unpaired) electrons. The summed E-state index contributed by atoms with van der Waals surface area (Å²) in [5.74, 6) is -3.22. The average molecular weight is 547 g/mol. The number of hydrogen-bond acceptors (Lipinski definition) is 12. The molecular weight excluding hydrogens is 516 g/mol. The number of rotatable bonds is 4. The fraction of sp³-hybridized carbons (Fsp3) is 0.481. The fourth-order valence-corrected chi connectivity index (χ4v) is 5.90. The number of methoxy groups -OCH3 is 2. The van der Waals surface area contributed by atoms with Gasteiger partial charge in [0.25, 0.3) is 0 Å². The molecule has 0 spiro atoms. The predicted molar refractivity (Wildman–Crippen MR) is 131 cm³/mol. The minimum atomic E-state index is -1.59. The SMILES string of the molecule is CO[C@H]1[C@H](O[C@H]2c3c(cc4c(c3O)C(=O)c3c(O)cc(O)cc3C4=O)C[C@](C)(O)[C@H]2OC)O[C@@H](C)[C@H](O)[C@@H]1O. The van der Waals surface area contributed by atoms with Crippen LogP contribution in [0.4, 0.5) is 0 Å². The molecule has 12 heteroatoms. The molecule has 1 saturated heterocycles. The number of ether oxygens (including phenoxy) is 4. The Morgan fingerprint density at radius 3 is 2.26 bits per heavy atom. The lowest BCUT2D eigenvalue weighted by molar-refractivity contribution is -0.323. The van der Waals surface area contributed by atoms with Gasteiger partial charge in [-0.25, -0.2) is 0 Å². The van der Waals surface area contributed by atoms with Gasteiger partial charge in [-0.1, -0.05) is 0 Å². The molecule has 210 valence electrons. The highest BCUT2D eigenvalue weighted by Gasteiger charge is 2.52. The Balaban J connectivity index is 1.67. The summed E-state index contributed by atoms with van der Waals surface area (Å²) in [6.07, 6.45) is -8.51. The molecule has 1 heterocycles. The van der Waals surface area contributed by atoms with Gasteiger partial charge in [0.2, 0.25) is 5.78 Å². The molecule has 39 heavy (non-hydrogen) atoms. The van der Waals surface area contributed by atoms with Crippen molar-refractivity contribution in [2.45, 2.75) is 68.8 Å². The first-order valence-corrected chi connectivity index (χ1v) is 12.3. The van der Waals surface area contributed by atoms with Crippen molar-refractivity contribution in [1.29, 1.82) is 0 Å². The van der Waals surface area contributed by atoms with Gasteiger partial charge in [-0.2, -0.15) is 0 Å². The largest absolute Gasteiger partial charge is 0.508 e. The van der Waals surface area contributed by atoms with Crippen LogP contribution in [0.5, 0.6) is 17.2 Å². The van der Waals surface area contributed by atoms with E-state index in [1.54, 1.807) is 0 Å². The second kappa shape index (κ2) is 9.52. The van der Waals surface area contributed by atoms with Crippen LogP contribution in [0.3, 0.4) is 0 Å². The van der Waals surface area contributed by atoms with Gasteiger partial charge in [0.1, 0.15) is 47.8 Å². The molecule has 3 aliphatic rings. The maximum atomic E-state index is 13.5. The highest BCUT2D eigenvalue weighted by atomic mass is 16.7. The third-order valence-corrected chi connectivity index (χ3v) is 7.78. The predicted octanol–water partition coefficient (Wildman–Crippen LogP) is 0.440. The van der Waals surface area contributed by atoms with E-state index in [9.17, 15) is 40.2 Å². The monoisotopic (exact) mass is 546 g/mol. The van der Waals surface area contributed by atoms with Crippen LogP contribution in [-0.2, 0) is 25.4 Å². The molecule has 2 aromatic rings. The van der Waals surface area contributed by atoms with Crippen molar-refractivity contribution in [3.05, 3.63) is 51.6 Å². The van der Waals surface area contributed by atoms with Gasteiger partial charge >= 0.3 is 0 Å². The lowest BCUT2D eigenvalue weighted by Crippen LogP contribution is -2.59. The van der Waals surface area contributed by atoms with E-state index in [1.807, 2.05) is 0 Å². The smallest absolute Gasteiger partial charge is 0.201 e. The van der Waals surface area contributed by atoms with Crippen LogP contribution in [0.1, 0.15) is 62.9 Å². The lowest BCUT2D eigenvalue weighted by atomic mass is 9.73. The standard InChI is InChI=1S/C27H30O12/c1-9-18(30)22(34)24(36-3)26(38-9)39-23-15-10(8-27(2,35)25(23)37-4)5-12-17(20(15)32)21(33)16-13(19(12)31)6-11(28)7-14(16)29/h5-7,9,18,22-26,28-30,32,34-35H,8H2,1-4H3/t9-,18-,22-,23-,24+,25-,26-,27-/m0/s1. The van der Waals surface area contributed by atoms with E-state index >= 15 is 0 Å². The van der Waals surface area contributed by atoms with Crippen LogP contribution in [-0.4, -0.2) is 98.8 Å². The van der Waals surface area contributed by atoms with E-state index < -0.39 is 77.3 Å². The van der Waals surface area contributed by atoms with E-state index in [0.29, 0.717) is 0 Å². The van der Waals surface area contributed by atoms with Gasteiger partial charge in [0.05, 0.1) is 22.8 Å². The van der Waals surface area contributed by atoms with Gasteiger partial charge < -0.3 is 49.6 Å². The van der Waals surface area contributed by atoms with Crippen molar-refractivity contribution in [1.82, 2.24) is 0 Å². The normalized spacial score (nSPS) is 33.9. The molecule has 8 atom stereocenters. The van der Waals surface area contributed by atoms with Gasteiger partial charge in [0.15, 0.2) is 12.1 Å². The molecule has 0 saturated carbocycles. The number of ketones is 2. The number of aliphatic hydroxyl groups excluding tert-OH is 2. The van der Waals surface area contributed by atoms with Crippen molar-refractivity contribution in [2.75, 3.05) is 14.2 Å². The summed E-state index contributed by atoms with van der Waals surface area (Å²) in [5, 5.41) is 63.9. The van der Waals surface area contributed by atoms with Crippen molar-refractivity contribution < 1.29 is 59.2 Å². The number of aromatic hydroxyl groups is 3. The third kappa shape index (κ3) is 4.11. The zero-order valence-corrected chi connectivity index (χ0v) is 21.6. The molecular formula is C27H30O12. The summed E-state index contributed by atoms with van der Waals surface area (Å²) in [6.45, 7) is 3.00. The molecule has 2 aromatic carbocycles. The van der Waals surface area contributed by atoms with E-state index in [0.717, 1.165) is 12.1 Å². The molecule has 1 fully saturated rings. The van der Waals surface area contributed by atoms with Crippen molar-refractivity contribution in [3.8, 4) is 17.2 Å². The number of aliphatic hydroxyl groups is 3. The third-order valence-electron chi connectivity index (χ3n) is 7.78. The first-order chi connectivity index (χ1) is 18.3. The Morgan fingerprint density at radius 2 is 1.62 bits per heavy atom. The first kappa shape index (κ1) is 27.5. The van der Waals surface area contributed by atoms with E-state index in [2.05, 4.69) is 0 Å². The quantitative estimate of drug-likeness (QED) is 0.265. The Morgan fingerprint density at radius 1 is 0.949 bits per heavy atom. The zero-order chi connectivity index (χ0) is 28.5. The van der Waals surface area contributed by atoms with Gasteiger partial charge in [-0.15, -0.1) is 0 Å². The molecule has 12 nitrogen and oxygen atoms in total. The molecule has 0 unspecified atom stereocenters. The number of phenols is 3. The van der Waals surface area contributed by atoms with Crippen LogP contribution in [0.2, 0.25) is 0 Å². The molecule has 5 rings (SSSR count). The topological polar surface area (TPSA) is 192 Å². The van der Waals surface area contributed by atoms with Gasteiger partial charge in [-0.05, 0) is 31.5 Å². The van der Waals surface area contributed by atoms with Crippen LogP contribution < -0.4 is 0 Å². The second-order valence-corrected chi connectivity index (χ2v) is 10.4. The molecule has 6 N–H and O–H groups in total. The maximum absolute atomic E-state index is 13.5. The van der Waals surface area contributed by atoms with Gasteiger partial charge in [-0.3, -0.25) is 9.59 Å². The average Bonchev–Trinajstić information content (AvgIpc) is 2.84. The molecule has 2 aliphatic carbocycles. The Hall–Kier alpha value is -3.10. The minimum absolute atomic E-state index is 0.0433. The Bertz CT molecular complexity index is 1350. The molecule has 0 bridgehead atoms. The van der Waals surface area contributed by atoms with Crippen LogP contribution in [0, 0.1) is 0 Å². The van der Waals surface area contributed by atoms with Gasteiger partial charge in [0, 0.05) is 43.4 Å². The molecule has 0 amide bonds. The van der Waals surface area contributed by atoms with Crippen LogP contribution >= 0.6 is 0 Å². The number of hydrogen-bond donors (Lipinski definition) is 6. The maximum Gasteiger partial charge on any atom is 0.201 e. The summed E-state index contributed by atoms with van der Waals surface area (Å²) < 4.78 is 22.9. The molecule has 1 aliphatic heterocycles. The lowest BCUT2D eigenvalue weighted by Gasteiger charge is -2.47. The number of carbonyl (C=O) groups excluding carboxylic acids is 2. The summed E-state index contributed by atoms with van der Waals surface area (Å²) in [5.41, 5.74) is -2.42. The summed E-state index contributed by atoms with van der Waals surface area (Å²) in [6, 6.07) is 3.34. The summed E-state index contributed by atoms with van der Waals surface area (Å²) >= 11 is 0. The van der Waals surface area contributed by atoms with Crippen molar-refractivity contribution in [2.24, 2.45) is 0 Å². The fourth-order valence-electron chi connectivity index (χ4n) is 5.90.